The largest absolute Gasteiger partial charge is 0.489 e. The highest BCUT2D eigenvalue weighted by atomic mass is 16.7. The van der Waals surface area contributed by atoms with Gasteiger partial charge in [-0.05, 0) is 60.4 Å². The number of aromatic nitrogens is 1. The number of rotatable bonds is 8. The molecule has 6 rings (SSSR count). The molecule has 7 heteroatoms. The maximum atomic E-state index is 13.6. The van der Waals surface area contributed by atoms with E-state index in [2.05, 4.69) is 4.98 Å². The van der Waals surface area contributed by atoms with Gasteiger partial charge in [-0.1, -0.05) is 42.5 Å². The molecule has 1 fully saturated rings. The number of hydrogen-bond acceptors (Lipinski definition) is 6. The summed E-state index contributed by atoms with van der Waals surface area (Å²) in [7, 11) is 0. The van der Waals surface area contributed by atoms with Gasteiger partial charge in [0.25, 0.3) is 5.91 Å². The van der Waals surface area contributed by atoms with Crippen molar-refractivity contribution in [2.75, 3.05) is 19.9 Å². The minimum Gasteiger partial charge on any atom is -0.489 e. The lowest BCUT2D eigenvalue weighted by molar-refractivity contribution is 0.0503. The van der Waals surface area contributed by atoms with Gasteiger partial charge < -0.3 is 23.8 Å². The van der Waals surface area contributed by atoms with Crippen LogP contribution in [-0.4, -0.2) is 41.8 Å². The van der Waals surface area contributed by atoms with E-state index in [1.165, 1.54) is 0 Å². The molecule has 0 N–H and O–H groups in total. The number of benzene rings is 3. The van der Waals surface area contributed by atoms with Gasteiger partial charge in [0.15, 0.2) is 11.5 Å². The van der Waals surface area contributed by atoms with Crippen LogP contribution in [0.3, 0.4) is 0 Å². The molecule has 0 spiro atoms. The summed E-state index contributed by atoms with van der Waals surface area (Å²) in [5.41, 5.74) is 3.28. The minimum absolute atomic E-state index is 0.0497. The van der Waals surface area contributed by atoms with Crippen molar-refractivity contribution in [1.82, 2.24) is 9.88 Å². The molecule has 1 saturated heterocycles. The first-order valence-corrected chi connectivity index (χ1v) is 12.6. The number of fused-ring (bicyclic) bond motifs is 2. The van der Waals surface area contributed by atoms with Crippen molar-refractivity contribution >= 4 is 16.8 Å². The third-order valence-corrected chi connectivity index (χ3v) is 6.69. The lowest BCUT2D eigenvalue weighted by atomic mass is 10.1. The third kappa shape index (κ3) is 5.37. The van der Waals surface area contributed by atoms with Gasteiger partial charge in [-0.25, -0.2) is 4.98 Å². The van der Waals surface area contributed by atoms with Gasteiger partial charge >= 0.3 is 0 Å². The lowest BCUT2D eigenvalue weighted by Gasteiger charge is -2.25. The second-order valence-corrected chi connectivity index (χ2v) is 9.33. The summed E-state index contributed by atoms with van der Waals surface area (Å²) < 4.78 is 22.6. The number of para-hydroxylation sites is 1. The van der Waals surface area contributed by atoms with Gasteiger partial charge in [-0.2, -0.15) is 0 Å². The van der Waals surface area contributed by atoms with Crippen LogP contribution in [0.5, 0.6) is 17.2 Å². The van der Waals surface area contributed by atoms with Gasteiger partial charge in [0.1, 0.15) is 18.1 Å². The Labute approximate surface area is 215 Å². The van der Waals surface area contributed by atoms with E-state index in [1.54, 1.807) is 6.07 Å². The average molecular weight is 497 g/mol. The van der Waals surface area contributed by atoms with Crippen LogP contribution in [0.2, 0.25) is 0 Å². The minimum atomic E-state index is -0.0932. The molecule has 7 nitrogen and oxygen atoms in total. The van der Waals surface area contributed by atoms with Gasteiger partial charge in [0.2, 0.25) is 6.79 Å². The highest BCUT2D eigenvalue weighted by molar-refractivity contribution is 5.95. The van der Waals surface area contributed by atoms with Gasteiger partial charge in [0.05, 0.1) is 11.6 Å². The van der Waals surface area contributed by atoms with Crippen LogP contribution >= 0.6 is 0 Å². The molecule has 0 saturated carbocycles. The molecule has 188 valence electrons. The van der Waals surface area contributed by atoms with Gasteiger partial charge in [0, 0.05) is 25.1 Å². The van der Waals surface area contributed by atoms with Crippen molar-refractivity contribution in [2.45, 2.75) is 32.1 Å². The fourth-order valence-electron chi connectivity index (χ4n) is 4.71. The van der Waals surface area contributed by atoms with Crippen molar-refractivity contribution < 1.29 is 23.7 Å². The van der Waals surface area contributed by atoms with Crippen molar-refractivity contribution in [3.63, 3.8) is 0 Å². The molecule has 0 aliphatic carbocycles. The summed E-state index contributed by atoms with van der Waals surface area (Å²) in [5.74, 6) is 2.17. The predicted molar refractivity (Wildman–Crippen MR) is 139 cm³/mol. The predicted octanol–water partition coefficient (Wildman–Crippen LogP) is 5.36. The Hall–Kier alpha value is -4.10. The fourth-order valence-corrected chi connectivity index (χ4v) is 4.71. The standard InChI is InChI=1S/C30H28N2O5/c33-30(27-13-10-23-4-1-2-6-26(23)31-27)32(18-25-5-3-15-34-25)17-21-7-11-24(12-8-21)35-19-22-9-14-28-29(16-22)37-20-36-28/h1-2,4,6-14,16,25H,3,5,15,17-20H2. The zero-order valence-corrected chi connectivity index (χ0v) is 20.5. The SMILES string of the molecule is O=C(c1ccc2ccccc2n1)N(Cc1ccc(OCc2ccc3c(c2)OCO3)cc1)CC1CCCO1. The van der Waals surface area contributed by atoms with Crippen LogP contribution in [0, 0.1) is 0 Å². The second-order valence-electron chi connectivity index (χ2n) is 9.33. The van der Waals surface area contributed by atoms with E-state index >= 15 is 0 Å². The van der Waals surface area contributed by atoms with Crippen LogP contribution in [-0.2, 0) is 17.9 Å². The molecule has 2 aliphatic heterocycles. The number of ether oxygens (including phenoxy) is 4. The van der Waals surface area contributed by atoms with E-state index in [-0.39, 0.29) is 18.8 Å². The number of amides is 1. The van der Waals surface area contributed by atoms with Gasteiger partial charge in [-0.3, -0.25) is 4.79 Å². The molecule has 1 aromatic heterocycles. The molecule has 3 aromatic carbocycles. The summed E-state index contributed by atoms with van der Waals surface area (Å²) in [6, 6.07) is 25.3. The second kappa shape index (κ2) is 10.5. The molecular formula is C30H28N2O5. The molecule has 3 heterocycles. The third-order valence-electron chi connectivity index (χ3n) is 6.69. The van der Waals surface area contributed by atoms with E-state index < -0.39 is 0 Å². The fraction of sp³-hybridized carbons (Fsp3) is 0.267. The summed E-state index contributed by atoms with van der Waals surface area (Å²) in [5, 5.41) is 1.01. The van der Waals surface area contributed by atoms with Crippen LogP contribution in [0.1, 0.15) is 34.5 Å². The molecule has 1 atom stereocenters. The average Bonchev–Trinajstić information content (AvgIpc) is 3.63. The van der Waals surface area contributed by atoms with E-state index in [4.69, 9.17) is 18.9 Å². The maximum Gasteiger partial charge on any atom is 0.272 e. The molecule has 1 unspecified atom stereocenters. The van der Waals surface area contributed by atoms with E-state index in [0.717, 1.165) is 58.7 Å². The molecule has 0 bridgehead atoms. The van der Waals surface area contributed by atoms with Crippen LogP contribution in [0.15, 0.2) is 78.9 Å². The van der Waals surface area contributed by atoms with Crippen LogP contribution < -0.4 is 14.2 Å². The number of hydrogen-bond donors (Lipinski definition) is 0. The van der Waals surface area contributed by atoms with Crippen molar-refractivity contribution in [2.24, 2.45) is 0 Å². The Kier molecular flexibility index (Phi) is 6.60. The first-order valence-electron chi connectivity index (χ1n) is 12.6. The highest BCUT2D eigenvalue weighted by Gasteiger charge is 2.24. The van der Waals surface area contributed by atoms with Crippen LogP contribution in [0.25, 0.3) is 10.9 Å². The molecular weight excluding hydrogens is 468 g/mol. The number of pyridine rings is 1. The van der Waals surface area contributed by atoms with Crippen molar-refractivity contribution in [3.05, 3.63) is 95.7 Å². The van der Waals surface area contributed by atoms with Crippen molar-refractivity contribution in [3.8, 4) is 17.2 Å². The Morgan fingerprint density at radius 3 is 2.65 bits per heavy atom. The lowest BCUT2D eigenvalue weighted by Crippen LogP contribution is -2.37. The molecule has 37 heavy (non-hydrogen) atoms. The summed E-state index contributed by atoms with van der Waals surface area (Å²) in [4.78, 5) is 20.0. The number of carbonyl (C=O) groups is 1. The monoisotopic (exact) mass is 496 g/mol. The molecule has 1 amide bonds. The number of nitrogens with zero attached hydrogens (tertiary/aromatic N) is 2. The van der Waals surface area contributed by atoms with Gasteiger partial charge in [-0.15, -0.1) is 0 Å². The van der Waals surface area contributed by atoms with Crippen LogP contribution in [0.4, 0.5) is 0 Å². The Morgan fingerprint density at radius 1 is 0.946 bits per heavy atom. The first-order chi connectivity index (χ1) is 18.2. The molecule has 2 aliphatic rings. The molecule has 0 radical (unpaired) electrons. The zero-order valence-electron chi connectivity index (χ0n) is 20.5. The summed E-state index contributed by atoms with van der Waals surface area (Å²) in [6.07, 6.45) is 2.03. The van der Waals surface area contributed by atoms with Crippen molar-refractivity contribution in [1.29, 1.82) is 0 Å². The van der Waals surface area contributed by atoms with E-state index in [1.807, 2.05) is 77.7 Å². The summed E-state index contributed by atoms with van der Waals surface area (Å²) in [6.45, 7) is 2.43. The smallest absolute Gasteiger partial charge is 0.272 e. The van der Waals surface area contributed by atoms with E-state index in [0.29, 0.717) is 25.4 Å². The molecule has 4 aromatic rings. The van der Waals surface area contributed by atoms with E-state index in [9.17, 15) is 4.79 Å². The first kappa shape index (κ1) is 23.3. The topological polar surface area (TPSA) is 70.1 Å². The Bertz CT molecular complexity index is 1400. The summed E-state index contributed by atoms with van der Waals surface area (Å²) >= 11 is 0. The maximum absolute atomic E-state index is 13.6. The zero-order chi connectivity index (χ0) is 25.0. The Morgan fingerprint density at radius 2 is 1.78 bits per heavy atom. The quantitative estimate of drug-likeness (QED) is 0.327. The Balaban J connectivity index is 1.14. The number of carbonyl (C=O) groups excluding carboxylic acids is 1. The highest BCUT2D eigenvalue weighted by Crippen LogP contribution is 2.32. The normalized spacial score (nSPS) is 16.2.